The number of carbonyl (C=O) groups excluding carboxylic acids is 1. The van der Waals surface area contributed by atoms with Crippen LogP contribution in [0.2, 0.25) is 0 Å². The Kier molecular flexibility index (Phi) is 6.13. The molecule has 8 heteroatoms. The number of nitrogens with zero attached hydrogens (tertiary/aromatic N) is 6. The number of likely N-dealkylation sites (tertiary alicyclic amines) is 1. The Labute approximate surface area is 155 Å². The molecule has 1 unspecified atom stereocenters. The molecule has 26 heavy (non-hydrogen) atoms. The summed E-state index contributed by atoms with van der Waals surface area (Å²) in [7, 11) is 4.04. The zero-order valence-corrected chi connectivity index (χ0v) is 16.2. The highest BCUT2D eigenvalue weighted by Crippen LogP contribution is 2.17. The first-order valence-corrected chi connectivity index (χ1v) is 9.57. The van der Waals surface area contributed by atoms with E-state index in [-0.39, 0.29) is 5.91 Å². The number of hydrogen-bond donors (Lipinski definition) is 1. The van der Waals surface area contributed by atoms with Gasteiger partial charge in [-0.2, -0.15) is 5.10 Å². The van der Waals surface area contributed by atoms with Crippen LogP contribution in [0.4, 0.5) is 5.69 Å². The Morgan fingerprint density at radius 2 is 2.19 bits per heavy atom. The molecular weight excluding hydrogens is 330 g/mol. The topological polar surface area (TPSA) is 69.0 Å². The number of anilines is 1. The van der Waals surface area contributed by atoms with E-state index in [0.717, 1.165) is 37.8 Å². The maximum absolute atomic E-state index is 12.6. The molecule has 0 spiro atoms. The Bertz CT molecular complexity index is 641. The molecule has 0 aromatic carbocycles. The van der Waals surface area contributed by atoms with Gasteiger partial charge in [0.1, 0.15) is 6.54 Å². The van der Waals surface area contributed by atoms with Crippen LogP contribution < -0.4 is 10.2 Å². The molecule has 2 saturated heterocycles. The van der Waals surface area contributed by atoms with Gasteiger partial charge in [-0.25, -0.2) is 0 Å². The third-order valence-corrected chi connectivity index (χ3v) is 5.08. The maximum Gasteiger partial charge on any atom is 0.246 e. The fourth-order valence-corrected chi connectivity index (χ4v) is 3.74. The first-order valence-electron chi connectivity index (χ1n) is 9.57. The molecule has 1 amide bonds. The highest BCUT2D eigenvalue weighted by molar-refractivity contribution is 5.98. The molecule has 3 rings (SSSR count). The van der Waals surface area contributed by atoms with Crippen molar-refractivity contribution >= 4 is 17.6 Å². The summed E-state index contributed by atoms with van der Waals surface area (Å²) in [6.07, 6.45) is 6.11. The molecule has 2 fully saturated rings. The van der Waals surface area contributed by atoms with Crippen molar-refractivity contribution < 1.29 is 4.79 Å². The third kappa shape index (κ3) is 4.55. The van der Waals surface area contributed by atoms with Crippen molar-refractivity contribution in [2.24, 2.45) is 18.0 Å². The molecule has 0 aliphatic carbocycles. The maximum atomic E-state index is 12.6. The molecule has 144 valence electrons. The molecule has 8 nitrogen and oxygen atoms in total. The van der Waals surface area contributed by atoms with Crippen molar-refractivity contribution in [1.29, 1.82) is 0 Å². The van der Waals surface area contributed by atoms with Crippen LogP contribution in [0, 0.1) is 5.92 Å². The summed E-state index contributed by atoms with van der Waals surface area (Å²) in [5, 5.41) is 7.52. The Morgan fingerprint density at radius 1 is 1.35 bits per heavy atom. The summed E-state index contributed by atoms with van der Waals surface area (Å²) in [6, 6.07) is 0. The van der Waals surface area contributed by atoms with Gasteiger partial charge >= 0.3 is 0 Å². The molecule has 0 bridgehead atoms. The number of carbonyl (C=O) groups is 1. The molecule has 2 aliphatic heterocycles. The van der Waals surface area contributed by atoms with Crippen molar-refractivity contribution in [3.63, 3.8) is 0 Å². The van der Waals surface area contributed by atoms with Crippen LogP contribution in [0.25, 0.3) is 0 Å². The molecule has 0 radical (unpaired) electrons. The number of nitrogens with one attached hydrogen (secondary N) is 1. The number of guanidine groups is 1. The lowest BCUT2D eigenvalue weighted by molar-refractivity contribution is -0.120. The highest BCUT2D eigenvalue weighted by Gasteiger charge is 2.28. The number of aromatic nitrogens is 2. The summed E-state index contributed by atoms with van der Waals surface area (Å²) >= 11 is 0. The van der Waals surface area contributed by atoms with E-state index in [1.165, 1.54) is 19.4 Å². The van der Waals surface area contributed by atoms with Crippen LogP contribution in [0.5, 0.6) is 0 Å². The zero-order chi connectivity index (χ0) is 18.5. The molecule has 1 N–H and O–H groups in total. The lowest BCUT2D eigenvalue weighted by atomic mass is 9.99. The standard InChI is InChI=1S/C18H31N7O/c1-4-19-18(20-10-15-6-5-7-22(2)12-15)24-8-9-25(17(26)14-24)16-11-21-23(3)13-16/h11,13,15H,4-10,12,14H2,1-3H3,(H,19,20). The van der Waals surface area contributed by atoms with Gasteiger partial charge in [0.2, 0.25) is 5.91 Å². The highest BCUT2D eigenvalue weighted by atomic mass is 16.2. The van der Waals surface area contributed by atoms with Crippen LogP contribution in [0.15, 0.2) is 17.4 Å². The van der Waals surface area contributed by atoms with Gasteiger partial charge in [0.05, 0.1) is 11.9 Å². The number of piperidine rings is 1. The van der Waals surface area contributed by atoms with E-state index < -0.39 is 0 Å². The van der Waals surface area contributed by atoms with Crippen LogP contribution in [0.1, 0.15) is 19.8 Å². The van der Waals surface area contributed by atoms with Crippen LogP contribution in [-0.4, -0.2) is 84.3 Å². The van der Waals surface area contributed by atoms with E-state index in [0.29, 0.717) is 19.0 Å². The van der Waals surface area contributed by atoms with E-state index in [4.69, 9.17) is 4.99 Å². The summed E-state index contributed by atoms with van der Waals surface area (Å²) in [5.41, 5.74) is 0.865. The first kappa shape index (κ1) is 18.7. The second-order valence-corrected chi connectivity index (χ2v) is 7.30. The van der Waals surface area contributed by atoms with E-state index in [9.17, 15) is 4.79 Å². The predicted molar refractivity (Wildman–Crippen MR) is 103 cm³/mol. The quantitative estimate of drug-likeness (QED) is 0.620. The van der Waals surface area contributed by atoms with Gasteiger partial charge in [0, 0.05) is 46.0 Å². The number of hydrogen-bond acceptors (Lipinski definition) is 4. The van der Waals surface area contributed by atoms with Gasteiger partial charge in [-0.15, -0.1) is 0 Å². The Morgan fingerprint density at radius 3 is 2.85 bits per heavy atom. The van der Waals surface area contributed by atoms with Crippen molar-refractivity contribution in [2.45, 2.75) is 19.8 Å². The van der Waals surface area contributed by atoms with Gasteiger partial charge in [-0.05, 0) is 39.3 Å². The SMILES string of the molecule is CCNC(=NCC1CCCN(C)C1)N1CCN(c2cnn(C)c2)C(=O)C1. The predicted octanol–water partition coefficient (Wildman–Crippen LogP) is 0.376. The Hall–Kier alpha value is -2.09. The summed E-state index contributed by atoms with van der Waals surface area (Å²) in [5.74, 6) is 1.56. The minimum atomic E-state index is 0.0900. The smallest absolute Gasteiger partial charge is 0.246 e. The van der Waals surface area contributed by atoms with Gasteiger partial charge in [-0.1, -0.05) is 0 Å². The van der Waals surface area contributed by atoms with E-state index >= 15 is 0 Å². The number of amides is 1. The minimum absolute atomic E-state index is 0.0900. The average Bonchev–Trinajstić information content (AvgIpc) is 3.04. The van der Waals surface area contributed by atoms with Crippen molar-refractivity contribution in [3.8, 4) is 0 Å². The van der Waals surface area contributed by atoms with Gasteiger partial charge in [-0.3, -0.25) is 14.5 Å². The van der Waals surface area contributed by atoms with E-state index in [2.05, 4.69) is 34.2 Å². The largest absolute Gasteiger partial charge is 0.357 e. The molecular formula is C18H31N7O. The van der Waals surface area contributed by atoms with Crippen molar-refractivity contribution in [3.05, 3.63) is 12.4 Å². The van der Waals surface area contributed by atoms with Gasteiger partial charge < -0.3 is 20.0 Å². The minimum Gasteiger partial charge on any atom is -0.357 e. The number of piperazine rings is 1. The van der Waals surface area contributed by atoms with Crippen LogP contribution in [-0.2, 0) is 11.8 Å². The van der Waals surface area contributed by atoms with Gasteiger partial charge in [0.15, 0.2) is 5.96 Å². The van der Waals surface area contributed by atoms with Crippen LogP contribution >= 0.6 is 0 Å². The number of aryl methyl sites for hydroxylation is 1. The third-order valence-electron chi connectivity index (χ3n) is 5.08. The van der Waals surface area contributed by atoms with Crippen molar-refractivity contribution in [1.82, 2.24) is 24.9 Å². The molecule has 0 saturated carbocycles. The first-order chi connectivity index (χ1) is 12.6. The van der Waals surface area contributed by atoms with Crippen LogP contribution in [0.3, 0.4) is 0 Å². The summed E-state index contributed by atoms with van der Waals surface area (Å²) < 4.78 is 1.72. The summed E-state index contributed by atoms with van der Waals surface area (Å²) in [6.45, 7) is 7.77. The normalized spacial score (nSPS) is 22.8. The second kappa shape index (κ2) is 8.53. The summed E-state index contributed by atoms with van der Waals surface area (Å²) in [4.78, 5) is 23.7. The lowest BCUT2D eigenvalue weighted by Gasteiger charge is -2.36. The fraction of sp³-hybridized carbons (Fsp3) is 0.722. The molecule has 3 heterocycles. The van der Waals surface area contributed by atoms with E-state index in [1.807, 2.05) is 18.1 Å². The zero-order valence-electron chi connectivity index (χ0n) is 16.2. The number of rotatable bonds is 4. The molecule has 1 aromatic rings. The van der Waals surface area contributed by atoms with Crippen molar-refractivity contribution in [2.75, 3.05) is 57.8 Å². The monoisotopic (exact) mass is 361 g/mol. The number of aliphatic imine (C=N–C) groups is 1. The lowest BCUT2D eigenvalue weighted by Crippen LogP contribution is -2.55. The second-order valence-electron chi connectivity index (χ2n) is 7.30. The molecule has 1 atom stereocenters. The average molecular weight is 361 g/mol. The fourth-order valence-electron chi connectivity index (χ4n) is 3.74. The Balaban J connectivity index is 1.61. The molecule has 1 aromatic heterocycles. The van der Waals surface area contributed by atoms with E-state index in [1.54, 1.807) is 10.9 Å². The molecule has 2 aliphatic rings. The van der Waals surface area contributed by atoms with Gasteiger partial charge in [0.25, 0.3) is 0 Å².